The van der Waals surface area contributed by atoms with Crippen LogP contribution in [0.4, 0.5) is 10.8 Å². The van der Waals surface area contributed by atoms with Gasteiger partial charge >= 0.3 is 0 Å². The molecule has 2 aromatic carbocycles. The molecule has 0 aliphatic rings. The summed E-state index contributed by atoms with van der Waals surface area (Å²) >= 11 is 20.1. The van der Waals surface area contributed by atoms with E-state index in [1.54, 1.807) is 0 Å². The molecule has 0 bridgehead atoms. The molecule has 0 fully saturated rings. The second-order valence-electron chi connectivity index (χ2n) is 4.29. The van der Waals surface area contributed by atoms with Crippen LogP contribution in [-0.4, -0.2) is 4.98 Å². The predicted octanol–water partition coefficient (Wildman–Crippen LogP) is 6.31. The Morgan fingerprint density at radius 1 is 1.05 bits per heavy atom. The smallest absolute Gasteiger partial charge is 0.188 e. The maximum atomic E-state index is 6.28. The summed E-state index contributed by atoms with van der Waals surface area (Å²) in [5.41, 5.74) is 2.48. The van der Waals surface area contributed by atoms with E-state index < -0.39 is 0 Å². The number of hydrogen-bond acceptors (Lipinski definition) is 3. The van der Waals surface area contributed by atoms with Crippen LogP contribution >= 0.6 is 46.1 Å². The second kappa shape index (κ2) is 5.41. The molecule has 0 aliphatic carbocycles. The molecule has 1 aromatic heterocycles. The zero-order valence-electron chi connectivity index (χ0n) is 10.4. The molecule has 102 valence electrons. The molecule has 3 aromatic rings. The first-order chi connectivity index (χ1) is 9.56. The van der Waals surface area contributed by atoms with E-state index in [0.29, 0.717) is 25.9 Å². The summed E-state index contributed by atoms with van der Waals surface area (Å²) in [6.45, 7) is 1.93. The van der Waals surface area contributed by atoms with Crippen molar-refractivity contribution in [2.24, 2.45) is 0 Å². The minimum Gasteiger partial charge on any atom is -0.329 e. The first kappa shape index (κ1) is 14.0. The summed E-state index contributed by atoms with van der Waals surface area (Å²) in [6.07, 6.45) is 0. The molecule has 3 rings (SSSR count). The van der Waals surface area contributed by atoms with Crippen LogP contribution in [0.25, 0.3) is 10.2 Å². The lowest BCUT2D eigenvalue weighted by Gasteiger charge is -2.09. The first-order valence-electron chi connectivity index (χ1n) is 5.83. The number of fused-ring (bicyclic) bond motifs is 1. The molecule has 0 saturated carbocycles. The topological polar surface area (TPSA) is 24.9 Å². The summed E-state index contributed by atoms with van der Waals surface area (Å²) in [7, 11) is 0. The fourth-order valence-electron chi connectivity index (χ4n) is 1.85. The van der Waals surface area contributed by atoms with Gasteiger partial charge in [-0.15, -0.1) is 0 Å². The lowest BCUT2D eigenvalue weighted by Crippen LogP contribution is -1.93. The van der Waals surface area contributed by atoms with Gasteiger partial charge in [-0.2, -0.15) is 0 Å². The van der Waals surface area contributed by atoms with E-state index >= 15 is 0 Å². The fourth-order valence-corrected chi connectivity index (χ4v) is 3.47. The van der Waals surface area contributed by atoms with E-state index in [-0.39, 0.29) is 0 Å². The Balaban J connectivity index is 2.06. The highest BCUT2D eigenvalue weighted by molar-refractivity contribution is 7.22. The van der Waals surface area contributed by atoms with Gasteiger partial charge in [0.15, 0.2) is 5.13 Å². The van der Waals surface area contributed by atoms with E-state index in [0.717, 1.165) is 15.8 Å². The maximum Gasteiger partial charge on any atom is 0.188 e. The maximum absolute atomic E-state index is 6.28. The highest BCUT2D eigenvalue weighted by atomic mass is 35.5. The van der Waals surface area contributed by atoms with Crippen molar-refractivity contribution in [2.45, 2.75) is 6.92 Å². The van der Waals surface area contributed by atoms with Crippen molar-refractivity contribution < 1.29 is 0 Å². The van der Waals surface area contributed by atoms with Crippen LogP contribution in [0.5, 0.6) is 0 Å². The van der Waals surface area contributed by atoms with Crippen molar-refractivity contribution in [1.29, 1.82) is 0 Å². The van der Waals surface area contributed by atoms with Crippen LogP contribution in [-0.2, 0) is 0 Å². The Morgan fingerprint density at radius 3 is 2.60 bits per heavy atom. The first-order valence-corrected chi connectivity index (χ1v) is 7.78. The number of nitrogens with one attached hydrogen (secondary N) is 1. The SMILES string of the molecule is Cc1ccc(Cl)c(Nc2nc3cccc(Cl)c3s2)c1Cl. The zero-order chi connectivity index (χ0) is 14.3. The van der Waals surface area contributed by atoms with Crippen LogP contribution in [0.1, 0.15) is 5.56 Å². The molecular formula is C14H9Cl3N2S. The van der Waals surface area contributed by atoms with Gasteiger partial charge in [-0.25, -0.2) is 4.98 Å². The average molecular weight is 344 g/mol. The molecule has 0 unspecified atom stereocenters. The third-order valence-corrected chi connectivity index (χ3v) is 5.13. The van der Waals surface area contributed by atoms with Crippen LogP contribution < -0.4 is 5.32 Å². The highest BCUT2D eigenvalue weighted by Crippen LogP contribution is 2.38. The van der Waals surface area contributed by atoms with Gasteiger partial charge in [0, 0.05) is 0 Å². The predicted molar refractivity (Wildman–Crippen MR) is 89.1 cm³/mol. The van der Waals surface area contributed by atoms with Crippen LogP contribution in [0.15, 0.2) is 30.3 Å². The fraction of sp³-hybridized carbons (Fsp3) is 0.0714. The number of hydrogen-bond donors (Lipinski definition) is 1. The Bertz CT molecular complexity index is 798. The third kappa shape index (κ3) is 2.47. The molecule has 0 radical (unpaired) electrons. The van der Waals surface area contributed by atoms with E-state index in [9.17, 15) is 0 Å². The minimum absolute atomic E-state index is 0.561. The summed E-state index contributed by atoms with van der Waals surface area (Å²) in [5, 5.41) is 5.74. The molecule has 1 heterocycles. The monoisotopic (exact) mass is 342 g/mol. The standard InChI is InChI=1S/C14H9Cl3N2S/c1-7-5-6-8(15)12(11(7)17)19-14-18-10-4-2-3-9(16)13(10)20-14/h2-6H,1H3,(H,18,19). The lowest BCUT2D eigenvalue weighted by molar-refractivity contribution is 1.41. The highest BCUT2D eigenvalue weighted by Gasteiger charge is 2.12. The third-order valence-electron chi connectivity index (χ3n) is 2.88. The number of benzene rings is 2. The molecule has 0 aliphatic heterocycles. The van der Waals surface area contributed by atoms with Gasteiger partial charge in [0.05, 0.1) is 31.0 Å². The second-order valence-corrected chi connectivity index (χ2v) is 6.48. The number of aryl methyl sites for hydroxylation is 1. The summed E-state index contributed by atoms with van der Waals surface area (Å²) in [6, 6.07) is 9.33. The van der Waals surface area contributed by atoms with E-state index in [2.05, 4.69) is 10.3 Å². The zero-order valence-corrected chi connectivity index (χ0v) is 13.5. The van der Waals surface area contributed by atoms with E-state index in [1.165, 1.54) is 11.3 Å². The number of halogens is 3. The van der Waals surface area contributed by atoms with Gasteiger partial charge in [0.2, 0.25) is 0 Å². The van der Waals surface area contributed by atoms with Gasteiger partial charge in [-0.1, -0.05) is 58.3 Å². The number of aromatic nitrogens is 1. The molecule has 1 N–H and O–H groups in total. The molecule has 0 atom stereocenters. The van der Waals surface area contributed by atoms with Crippen molar-refractivity contribution in [2.75, 3.05) is 5.32 Å². The normalized spacial score (nSPS) is 11.0. The van der Waals surface area contributed by atoms with E-state index in [4.69, 9.17) is 34.8 Å². The molecule has 20 heavy (non-hydrogen) atoms. The number of nitrogens with zero attached hydrogens (tertiary/aromatic N) is 1. The number of anilines is 2. The van der Waals surface area contributed by atoms with E-state index in [1.807, 2.05) is 37.3 Å². The number of thiazole rings is 1. The van der Waals surface area contributed by atoms with Gasteiger partial charge in [0.25, 0.3) is 0 Å². The van der Waals surface area contributed by atoms with Crippen molar-refractivity contribution in [3.8, 4) is 0 Å². The molecule has 2 nitrogen and oxygen atoms in total. The van der Waals surface area contributed by atoms with Crippen molar-refractivity contribution >= 4 is 67.2 Å². The summed E-state index contributed by atoms with van der Waals surface area (Å²) < 4.78 is 0.941. The van der Waals surface area contributed by atoms with Gasteiger partial charge in [-0.3, -0.25) is 0 Å². The number of rotatable bonds is 2. The molecular weight excluding hydrogens is 335 g/mol. The molecule has 0 amide bonds. The largest absolute Gasteiger partial charge is 0.329 e. The van der Waals surface area contributed by atoms with Crippen molar-refractivity contribution in [1.82, 2.24) is 4.98 Å². The van der Waals surface area contributed by atoms with Crippen LogP contribution in [0.3, 0.4) is 0 Å². The lowest BCUT2D eigenvalue weighted by atomic mass is 10.2. The van der Waals surface area contributed by atoms with Crippen LogP contribution in [0, 0.1) is 6.92 Å². The Labute approximate surface area is 135 Å². The quantitative estimate of drug-likeness (QED) is 0.590. The Hall–Kier alpha value is -1.000. The van der Waals surface area contributed by atoms with Crippen molar-refractivity contribution in [3.05, 3.63) is 51.0 Å². The van der Waals surface area contributed by atoms with Gasteiger partial charge in [0.1, 0.15) is 0 Å². The van der Waals surface area contributed by atoms with Gasteiger partial charge in [-0.05, 0) is 30.7 Å². The molecule has 0 spiro atoms. The van der Waals surface area contributed by atoms with Crippen LogP contribution in [0.2, 0.25) is 15.1 Å². The van der Waals surface area contributed by atoms with Crippen molar-refractivity contribution in [3.63, 3.8) is 0 Å². The van der Waals surface area contributed by atoms with Gasteiger partial charge < -0.3 is 5.32 Å². The molecule has 6 heteroatoms. The Morgan fingerprint density at radius 2 is 1.85 bits per heavy atom. The Kier molecular flexibility index (Phi) is 3.78. The minimum atomic E-state index is 0.561. The average Bonchev–Trinajstić information content (AvgIpc) is 2.83. The molecule has 0 saturated heterocycles. The summed E-state index contributed by atoms with van der Waals surface area (Å²) in [5.74, 6) is 0. The summed E-state index contributed by atoms with van der Waals surface area (Å²) in [4.78, 5) is 4.49.